The summed E-state index contributed by atoms with van der Waals surface area (Å²) < 4.78 is 11.8. The van der Waals surface area contributed by atoms with Crippen LogP contribution in [-0.4, -0.2) is 13.2 Å². The second kappa shape index (κ2) is 10.2. The van der Waals surface area contributed by atoms with Crippen LogP contribution in [0.25, 0.3) is 0 Å². The van der Waals surface area contributed by atoms with Crippen LogP contribution < -0.4 is 9.47 Å². The van der Waals surface area contributed by atoms with Crippen molar-refractivity contribution in [3.05, 3.63) is 23.8 Å². The van der Waals surface area contributed by atoms with Gasteiger partial charge in [0.15, 0.2) is 11.5 Å². The van der Waals surface area contributed by atoms with Gasteiger partial charge < -0.3 is 9.47 Å². The summed E-state index contributed by atoms with van der Waals surface area (Å²) in [6.45, 7) is 12.1. The molecule has 0 amide bonds. The van der Waals surface area contributed by atoms with E-state index in [0.717, 1.165) is 30.8 Å². The molecule has 0 aliphatic carbocycles. The van der Waals surface area contributed by atoms with Gasteiger partial charge in [-0.05, 0) is 36.0 Å². The number of rotatable bonds is 8. The largest absolute Gasteiger partial charge is 0.489 e. The smallest absolute Gasteiger partial charge is 0.161 e. The average molecular weight is 302 g/mol. The van der Waals surface area contributed by atoms with Crippen LogP contribution in [0.15, 0.2) is 18.2 Å². The van der Waals surface area contributed by atoms with Gasteiger partial charge in [-0.2, -0.15) is 0 Å². The van der Waals surface area contributed by atoms with E-state index in [2.05, 4.69) is 58.6 Å². The van der Waals surface area contributed by atoms with Crippen LogP contribution in [0.4, 0.5) is 0 Å². The number of ether oxygens (including phenoxy) is 2. The second-order valence-electron chi connectivity index (χ2n) is 6.40. The molecule has 2 heteroatoms. The summed E-state index contributed by atoms with van der Waals surface area (Å²) in [7, 11) is 0. The minimum Gasteiger partial charge on any atom is -0.489 e. The summed E-state index contributed by atoms with van der Waals surface area (Å²) in [6.07, 6.45) is 2.77. The first-order valence-corrected chi connectivity index (χ1v) is 8.37. The Bertz CT molecular complexity index is 492. The third kappa shape index (κ3) is 7.41. The molecular weight excluding hydrogens is 272 g/mol. The van der Waals surface area contributed by atoms with E-state index in [9.17, 15) is 0 Å². The number of hydrogen-bond acceptors (Lipinski definition) is 2. The molecule has 0 heterocycles. The summed E-state index contributed by atoms with van der Waals surface area (Å²) >= 11 is 0. The second-order valence-corrected chi connectivity index (χ2v) is 6.40. The highest BCUT2D eigenvalue weighted by Crippen LogP contribution is 2.29. The average Bonchev–Trinajstić information content (AvgIpc) is 2.48. The van der Waals surface area contributed by atoms with Gasteiger partial charge in [-0.15, -0.1) is 11.8 Å². The summed E-state index contributed by atoms with van der Waals surface area (Å²) in [4.78, 5) is 0. The van der Waals surface area contributed by atoms with E-state index in [1.165, 1.54) is 5.56 Å². The lowest BCUT2D eigenvalue weighted by Crippen LogP contribution is -2.09. The van der Waals surface area contributed by atoms with Gasteiger partial charge in [-0.25, -0.2) is 0 Å². The zero-order valence-corrected chi connectivity index (χ0v) is 14.7. The predicted molar refractivity (Wildman–Crippen MR) is 93.5 cm³/mol. The Labute approximate surface area is 136 Å². The molecule has 0 spiro atoms. The van der Waals surface area contributed by atoms with Crippen molar-refractivity contribution in [2.75, 3.05) is 13.2 Å². The maximum Gasteiger partial charge on any atom is 0.161 e. The molecule has 0 aliphatic rings. The number of benzene rings is 1. The van der Waals surface area contributed by atoms with E-state index in [1.54, 1.807) is 0 Å². The fraction of sp³-hybridized carbons (Fsp3) is 0.600. The van der Waals surface area contributed by atoms with Gasteiger partial charge in [0, 0.05) is 12.8 Å². The zero-order valence-electron chi connectivity index (χ0n) is 14.7. The van der Waals surface area contributed by atoms with Gasteiger partial charge in [-0.1, -0.05) is 40.7 Å². The van der Waals surface area contributed by atoms with Crippen molar-refractivity contribution >= 4 is 0 Å². The van der Waals surface area contributed by atoms with E-state index < -0.39 is 0 Å². The van der Waals surface area contributed by atoms with Crippen LogP contribution in [0.2, 0.25) is 0 Å². The van der Waals surface area contributed by atoms with Crippen LogP contribution in [0.1, 0.15) is 53.0 Å². The molecule has 0 N–H and O–H groups in total. The highest BCUT2D eigenvalue weighted by Gasteiger charge is 2.09. The van der Waals surface area contributed by atoms with Crippen LogP contribution in [-0.2, 0) is 6.42 Å². The minimum absolute atomic E-state index is 0.497. The number of hydrogen-bond donors (Lipinski definition) is 0. The van der Waals surface area contributed by atoms with Crippen molar-refractivity contribution < 1.29 is 9.47 Å². The maximum absolute atomic E-state index is 5.94. The quantitative estimate of drug-likeness (QED) is 0.622. The first kappa shape index (κ1) is 18.4. The van der Waals surface area contributed by atoms with Crippen LogP contribution in [0.3, 0.4) is 0 Å². The first-order valence-electron chi connectivity index (χ1n) is 8.37. The molecule has 0 atom stereocenters. The molecule has 0 fully saturated rings. The SMILES string of the molecule is CCC#CCCc1ccc(OCC(C)C)c(OCC(C)C)c1. The van der Waals surface area contributed by atoms with Gasteiger partial charge in [0.2, 0.25) is 0 Å². The third-order valence-electron chi connectivity index (χ3n) is 2.99. The lowest BCUT2D eigenvalue weighted by Gasteiger charge is -2.16. The number of aryl methyl sites for hydroxylation is 1. The van der Waals surface area contributed by atoms with Gasteiger partial charge in [-0.3, -0.25) is 0 Å². The van der Waals surface area contributed by atoms with Crippen LogP contribution in [0, 0.1) is 23.7 Å². The Morgan fingerprint density at radius 2 is 1.55 bits per heavy atom. The predicted octanol–water partition coefficient (Wildman–Crippen LogP) is 5.10. The first-order chi connectivity index (χ1) is 10.5. The lowest BCUT2D eigenvalue weighted by molar-refractivity contribution is 0.229. The van der Waals surface area contributed by atoms with E-state index >= 15 is 0 Å². The Morgan fingerprint density at radius 3 is 2.14 bits per heavy atom. The molecule has 1 rings (SSSR count). The summed E-state index contributed by atoms with van der Waals surface area (Å²) in [5, 5.41) is 0. The molecule has 0 saturated carbocycles. The summed E-state index contributed by atoms with van der Waals surface area (Å²) in [5.74, 6) is 9.00. The van der Waals surface area contributed by atoms with E-state index in [1.807, 2.05) is 6.07 Å². The molecule has 1 aromatic carbocycles. The Balaban J connectivity index is 2.78. The monoisotopic (exact) mass is 302 g/mol. The van der Waals surface area contributed by atoms with Gasteiger partial charge in [0.25, 0.3) is 0 Å². The lowest BCUT2D eigenvalue weighted by atomic mass is 10.1. The van der Waals surface area contributed by atoms with Gasteiger partial charge in [0.1, 0.15) is 0 Å². The maximum atomic E-state index is 5.94. The molecule has 1 aromatic rings. The van der Waals surface area contributed by atoms with Gasteiger partial charge in [0.05, 0.1) is 13.2 Å². The van der Waals surface area contributed by atoms with Crippen LogP contribution in [0.5, 0.6) is 11.5 Å². The molecule has 122 valence electrons. The Hall–Kier alpha value is -1.62. The molecule has 0 saturated heterocycles. The minimum atomic E-state index is 0.497. The van der Waals surface area contributed by atoms with E-state index in [-0.39, 0.29) is 0 Å². The van der Waals surface area contributed by atoms with Crippen LogP contribution >= 0.6 is 0 Å². The Kier molecular flexibility index (Phi) is 8.51. The van der Waals surface area contributed by atoms with Crippen molar-refractivity contribution in [1.29, 1.82) is 0 Å². The van der Waals surface area contributed by atoms with E-state index in [4.69, 9.17) is 9.47 Å². The van der Waals surface area contributed by atoms with E-state index in [0.29, 0.717) is 25.0 Å². The summed E-state index contributed by atoms with van der Waals surface area (Å²) in [5.41, 5.74) is 1.25. The fourth-order valence-electron chi connectivity index (χ4n) is 1.87. The molecule has 22 heavy (non-hydrogen) atoms. The molecule has 0 bridgehead atoms. The third-order valence-corrected chi connectivity index (χ3v) is 2.99. The fourth-order valence-corrected chi connectivity index (χ4v) is 1.87. The summed E-state index contributed by atoms with van der Waals surface area (Å²) in [6, 6.07) is 6.25. The molecule has 0 aliphatic heterocycles. The molecular formula is C20H30O2. The topological polar surface area (TPSA) is 18.5 Å². The molecule has 0 radical (unpaired) electrons. The van der Waals surface area contributed by atoms with Crippen molar-refractivity contribution in [3.8, 4) is 23.3 Å². The van der Waals surface area contributed by atoms with Crippen molar-refractivity contribution in [2.24, 2.45) is 11.8 Å². The molecule has 0 aromatic heterocycles. The standard InChI is InChI=1S/C20H30O2/c1-6-7-8-9-10-18-11-12-19(21-14-16(2)3)20(13-18)22-15-17(4)5/h11-13,16-17H,6,9-10,14-15H2,1-5H3. The molecule has 2 nitrogen and oxygen atoms in total. The highest BCUT2D eigenvalue weighted by molar-refractivity contribution is 5.43. The highest BCUT2D eigenvalue weighted by atomic mass is 16.5. The molecule has 0 unspecified atom stereocenters. The van der Waals surface area contributed by atoms with Crippen molar-refractivity contribution in [1.82, 2.24) is 0 Å². The normalized spacial score (nSPS) is 10.5. The van der Waals surface area contributed by atoms with Gasteiger partial charge >= 0.3 is 0 Å². The zero-order chi connectivity index (χ0) is 16.4. The Morgan fingerprint density at radius 1 is 0.909 bits per heavy atom. The van der Waals surface area contributed by atoms with Crippen molar-refractivity contribution in [2.45, 2.75) is 53.9 Å². The van der Waals surface area contributed by atoms with Crippen molar-refractivity contribution in [3.63, 3.8) is 0 Å².